The molecule has 0 radical (unpaired) electrons. The van der Waals surface area contributed by atoms with Crippen LogP contribution in [-0.2, 0) is 26.2 Å². The molecule has 0 aliphatic carbocycles. The molecular formula is C24H33N3O4S. The van der Waals surface area contributed by atoms with Gasteiger partial charge in [-0.2, -0.15) is 0 Å². The molecule has 174 valence electrons. The Hall–Kier alpha value is -2.87. The van der Waals surface area contributed by atoms with Gasteiger partial charge in [0.15, 0.2) is 0 Å². The van der Waals surface area contributed by atoms with Crippen molar-refractivity contribution in [3.05, 3.63) is 64.7 Å². The first-order chi connectivity index (χ1) is 14.9. The Morgan fingerprint density at radius 1 is 0.969 bits per heavy atom. The summed E-state index contributed by atoms with van der Waals surface area (Å²) < 4.78 is 26.3. The van der Waals surface area contributed by atoms with E-state index in [4.69, 9.17) is 0 Å². The number of rotatable bonds is 9. The molecule has 0 fully saturated rings. The molecule has 1 unspecified atom stereocenters. The summed E-state index contributed by atoms with van der Waals surface area (Å²) in [4.78, 5) is 27.4. The topological polar surface area (TPSA) is 86.8 Å². The fourth-order valence-electron chi connectivity index (χ4n) is 3.50. The smallest absolute Gasteiger partial charge is 0.244 e. The van der Waals surface area contributed by atoms with Crippen molar-refractivity contribution in [2.75, 3.05) is 23.7 Å². The molecule has 2 amide bonds. The number of hydrogen-bond acceptors (Lipinski definition) is 4. The fraction of sp³-hybridized carbons (Fsp3) is 0.417. The van der Waals surface area contributed by atoms with Crippen LogP contribution in [0.15, 0.2) is 42.5 Å². The van der Waals surface area contributed by atoms with Gasteiger partial charge in [-0.1, -0.05) is 35.9 Å². The number of anilines is 1. The molecule has 2 rings (SSSR count). The van der Waals surface area contributed by atoms with Crippen molar-refractivity contribution in [2.45, 2.75) is 47.2 Å². The summed E-state index contributed by atoms with van der Waals surface area (Å²) in [7, 11) is -3.73. The van der Waals surface area contributed by atoms with E-state index in [0.717, 1.165) is 32.8 Å². The van der Waals surface area contributed by atoms with Gasteiger partial charge in [-0.05, 0) is 63.4 Å². The second-order valence-corrected chi connectivity index (χ2v) is 10.1. The summed E-state index contributed by atoms with van der Waals surface area (Å²) in [5.74, 6) is -0.737. The maximum Gasteiger partial charge on any atom is 0.244 e. The summed E-state index contributed by atoms with van der Waals surface area (Å²) in [6, 6.07) is 12.3. The van der Waals surface area contributed by atoms with E-state index in [0.29, 0.717) is 12.2 Å². The van der Waals surface area contributed by atoms with E-state index in [9.17, 15) is 18.0 Å². The highest BCUT2D eigenvalue weighted by Crippen LogP contribution is 2.22. The van der Waals surface area contributed by atoms with Crippen LogP contribution in [0.1, 0.15) is 36.1 Å². The standard InChI is InChI=1S/C24H33N3O4S/c1-7-25-24(29)20(5)26(15-21-10-8-17(2)9-11-21)23(28)16-27(32(6,30)31)22-13-18(3)12-19(4)14-22/h8-14,20H,7,15-16H2,1-6H3,(H,25,29). The third-order valence-corrected chi connectivity index (χ3v) is 6.31. The van der Waals surface area contributed by atoms with E-state index < -0.39 is 28.5 Å². The number of benzene rings is 2. The zero-order valence-electron chi connectivity index (χ0n) is 19.7. The van der Waals surface area contributed by atoms with Crippen molar-refractivity contribution in [1.82, 2.24) is 10.2 Å². The van der Waals surface area contributed by atoms with Crippen molar-refractivity contribution in [3.63, 3.8) is 0 Å². The van der Waals surface area contributed by atoms with E-state index in [-0.39, 0.29) is 12.5 Å². The number of hydrogen-bond donors (Lipinski definition) is 1. The van der Waals surface area contributed by atoms with Gasteiger partial charge in [0.1, 0.15) is 12.6 Å². The maximum absolute atomic E-state index is 13.4. The van der Waals surface area contributed by atoms with Crippen LogP contribution >= 0.6 is 0 Å². The van der Waals surface area contributed by atoms with Crippen LogP contribution in [0.25, 0.3) is 0 Å². The van der Waals surface area contributed by atoms with Gasteiger partial charge in [-0.3, -0.25) is 13.9 Å². The molecule has 0 spiro atoms. The SMILES string of the molecule is CCNC(=O)C(C)N(Cc1ccc(C)cc1)C(=O)CN(c1cc(C)cc(C)c1)S(C)(=O)=O. The molecule has 2 aromatic carbocycles. The van der Waals surface area contributed by atoms with Crippen LogP contribution in [0.3, 0.4) is 0 Å². The first-order valence-electron chi connectivity index (χ1n) is 10.6. The lowest BCUT2D eigenvalue weighted by atomic mass is 10.1. The molecule has 0 aliphatic rings. The predicted octanol–water partition coefficient (Wildman–Crippen LogP) is 2.93. The normalized spacial score (nSPS) is 12.2. The van der Waals surface area contributed by atoms with Crippen molar-refractivity contribution in [3.8, 4) is 0 Å². The first-order valence-corrected chi connectivity index (χ1v) is 12.5. The van der Waals surface area contributed by atoms with E-state index in [1.54, 1.807) is 19.1 Å². The molecule has 1 N–H and O–H groups in total. The van der Waals surface area contributed by atoms with Crippen molar-refractivity contribution in [2.24, 2.45) is 0 Å². The largest absolute Gasteiger partial charge is 0.355 e. The number of aryl methyl sites for hydroxylation is 3. The summed E-state index contributed by atoms with van der Waals surface area (Å²) >= 11 is 0. The van der Waals surface area contributed by atoms with E-state index in [1.807, 2.05) is 58.0 Å². The summed E-state index contributed by atoms with van der Waals surface area (Å²) in [6.07, 6.45) is 1.08. The van der Waals surface area contributed by atoms with Gasteiger partial charge in [0, 0.05) is 13.1 Å². The maximum atomic E-state index is 13.4. The average molecular weight is 460 g/mol. The molecule has 0 heterocycles. The molecule has 0 aliphatic heterocycles. The van der Waals surface area contributed by atoms with Gasteiger partial charge in [-0.25, -0.2) is 8.42 Å². The molecule has 0 bridgehead atoms. The van der Waals surface area contributed by atoms with Gasteiger partial charge >= 0.3 is 0 Å². The third-order valence-electron chi connectivity index (χ3n) is 5.17. The van der Waals surface area contributed by atoms with E-state index in [1.165, 1.54) is 4.90 Å². The molecular weight excluding hydrogens is 426 g/mol. The second-order valence-electron chi connectivity index (χ2n) is 8.19. The number of likely N-dealkylation sites (N-methyl/N-ethyl adjacent to an activating group) is 1. The lowest BCUT2D eigenvalue weighted by Gasteiger charge is -2.31. The molecule has 2 aromatic rings. The summed E-state index contributed by atoms with van der Waals surface area (Å²) in [5.41, 5.74) is 4.17. The zero-order chi connectivity index (χ0) is 24.1. The number of amides is 2. The lowest BCUT2D eigenvalue weighted by molar-refractivity contribution is -0.139. The molecule has 0 saturated heterocycles. The van der Waals surface area contributed by atoms with E-state index >= 15 is 0 Å². The Kier molecular flexibility index (Phi) is 8.44. The molecule has 8 heteroatoms. The second kappa shape index (κ2) is 10.6. The summed E-state index contributed by atoms with van der Waals surface area (Å²) in [5, 5.41) is 2.74. The minimum absolute atomic E-state index is 0.196. The predicted molar refractivity (Wildman–Crippen MR) is 128 cm³/mol. The first kappa shape index (κ1) is 25.4. The van der Waals surface area contributed by atoms with Crippen LogP contribution in [0, 0.1) is 20.8 Å². The van der Waals surface area contributed by atoms with Crippen LogP contribution in [0.5, 0.6) is 0 Å². The van der Waals surface area contributed by atoms with Crippen LogP contribution in [0.2, 0.25) is 0 Å². The fourth-order valence-corrected chi connectivity index (χ4v) is 4.34. The van der Waals surface area contributed by atoms with Gasteiger partial charge in [0.2, 0.25) is 21.8 Å². The van der Waals surface area contributed by atoms with Crippen LogP contribution in [0.4, 0.5) is 5.69 Å². The Balaban J connectivity index is 2.40. The van der Waals surface area contributed by atoms with Gasteiger partial charge < -0.3 is 10.2 Å². The molecule has 0 aromatic heterocycles. The zero-order valence-corrected chi connectivity index (χ0v) is 20.5. The Bertz CT molecular complexity index is 1040. The van der Waals surface area contributed by atoms with Gasteiger partial charge in [0.25, 0.3) is 0 Å². The highest BCUT2D eigenvalue weighted by molar-refractivity contribution is 7.92. The number of sulfonamides is 1. The van der Waals surface area contributed by atoms with Crippen molar-refractivity contribution < 1.29 is 18.0 Å². The average Bonchev–Trinajstić information content (AvgIpc) is 2.69. The van der Waals surface area contributed by atoms with E-state index in [2.05, 4.69) is 5.32 Å². The van der Waals surface area contributed by atoms with Crippen LogP contribution in [-0.4, -0.2) is 50.5 Å². The molecule has 0 saturated carbocycles. The number of nitrogens with one attached hydrogen (secondary N) is 1. The molecule has 32 heavy (non-hydrogen) atoms. The minimum atomic E-state index is -3.73. The Labute approximate surface area is 191 Å². The highest BCUT2D eigenvalue weighted by atomic mass is 32.2. The van der Waals surface area contributed by atoms with Gasteiger partial charge in [-0.15, -0.1) is 0 Å². The number of carbonyl (C=O) groups excluding carboxylic acids is 2. The highest BCUT2D eigenvalue weighted by Gasteiger charge is 2.30. The quantitative estimate of drug-likeness (QED) is 0.625. The number of nitrogens with zero attached hydrogens (tertiary/aromatic N) is 2. The Morgan fingerprint density at radius 3 is 2.03 bits per heavy atom. The molecule has 1 atom stereocenters. The van der Waals surface area contributed by atoms with Gasteiger partial charge in [0.05, 0.1) is 11.9 Å². The number of carbonyl (C=O) groups is 2. The lowest BCUT2D eigenvalue weighted by Crippen LogP contribution is -2.51. The third kappa shape index (κ3) is 6.82. The van der Waals surface area contributed by atoms with Crippen molar-refractivity contribution >= 4 is 27.5 Å². The minimum Gasteiger partial charge on any atom is -0.355 e. The summed E-state index contributed by atoms with van der Waals surface area (Å²) in [6.45, 7) is 9.42. The Morgan fingerprint density at radius 2 is 1.53 bits per heavy atom. The van der Waals surface area contributed by atoms with Crippen molar-refractivity contribution in [1.29, 1.82) is 0 Å². The molecule has 7 nitrogen and oxygen atoms in total. The monoisotopic (exact) mass is 459 g/mol. The van der Waals surface area contributed by atoms with Crippen LogP contribution < -0.4 is 9.62 Å².